The van der Waals surface area contributed by atoms with Gasteiger partial charge in [0.1, 0.15) is 10.7 Å². The maximum atomic E-state index is 14.2. The Balaban J connectivity index is 0.00000225. The summed E-state index contributed by atoms with van der Waals surface area (Å²) >= 11 is 0. The first-order chi connectivity index (χ1) is 13.3. The molecule has 0 radical (unpaired) electrons. The van der Waals surface area contributed by atoms with Gasteiger partial charge in [0.15, 0.2) is 0 Å². The van der Waals surface area contributed by atoms with Gasteiger partial charge in [-0.3, -0.25) is 4.98 Å². The summed E-state index contributed by atoms with van der Waals surface area (Å²) in [5, 5.41) is 0.904. The highest BCUT2D eigenvalue weighted by Crippen LogP contribution is 2.35. The van der Waals surface area contributed by atoms with E-state index in [4.69, 9.17) is 5.73 Å². The quantitative estimate of drug-likeness (QED) is 0.586. The summed E-state index contributed by atoms with van der Waals surface area (Å²) < 4.78 is 42.2. The van der Waals surface area contributed by atoms with E-state index < -0.39 is 10.0 Å². The minimum atomic E-state index is -3.61. The summed E-state index contributed by atoms with van der Waals surface area (Å²) in [6.07, 6.45) is 4.30. The van der Waals surface area contributed by atoms with Gasteiger partial charge in [-0.1, -0.05) is 18.2 Å². The topological polar surface area (TPSA) is 81.2 Å². The van der Waals surface area contributed by atoms with Crippen LogP contribution in [0.25, 0.3) is 22.0 Å². The Kier molecular flexibility index (Phi) is 9.01. The highest BCUT2D eigenvalue weighted by molar-refractivity contribution is 7.89. The van der Waals surface area contributed by atoms with Crippen LogP contribution in [0.15, 0.2) is 59.5 Å². The third kappa shape index (κ3) is 4.84. The highest BCUT2D eigenvalue weighted by atomic mass is 35.5. The molecule has 30 heavy (non-hydrogen) atoms. The van der Waals surface area contributed by atoms with Gasteiger partial charge in [-0.2, -0.15) is 0 Å². The Bertz CT molecular complexity index is 1160. The van der Waals surface area contributed by atoms with Crippen LogP contribution in [-0.2, 0) is 16.6 Å². The number of nitrogens with zero attached hydrogens (tertiary/aromatic N) is 3. The molecule has 0 spiro atoms. The number of hydrogen-bond acceptors (Lipinski definition) is 4. The zero-order chi connectivity index (χ0) is 20.5. The van der Waals surface area contributed by atoms with E-state index >= 15 is 0 Å². The standard InChI is InChI=1S/C20H23FN4O2S.2ClH/c1-14-20(15-10-17(12-23-11-15)28(26,27)24(2)3)18-6-4-5-7-19(18)25(14)13-16(21)8-9-22;;/h4-8,10-12H,9,13,22H2,1-3H3;2*1H. The molecule has 0 unspecified atom stereocenters. The van der Waals surface area contributed by atoms with Crippen LogP contribution in [0.3, 0.4) is 0 Å². The predicted octanol–water partition coefficient (Wildman–Crippen LogP) is 3.92. The van der Waals surface area contributed by atoms with E-state index in [1.54, 1.807) is 12.3 Å². The molecule has 0 aliphatic carbocycles. The minimum Gasteiger partial charge on any atom is -0.337 e. The van der Waals surface area contributed by atoms with Gasteiger partial charge in [-0.25, -0.2) is 17.1 Å². The van der Waals surface area contributed by atoms with E-state index in [-0.39, 0.29) is 48.6 Å². The fourth-order valence-electron chi connectivity index (χ4n) is 3.25. The van der Waals surface area contributed by atoms with Gasteiger partial charge < -0.3 is 10.3 Å². The molecule has 2 aromatic heterocycles. The normalized spacial score (nSPS) is 12.0. The lowest BCUT2D eigenvalue weighted by molar-refractivity contribution is 0.520. The van der Waals surface area contributed by atoms with E-state index in [1.807, 2.05) is 35.8 Å². The molecule has 2 N–H and O–H groups in total. The highest BCUT2D eigenvalue weighted by Gasteiger charge is 2.21. The molecule has 1 aromatic carbocycles. The second-order valence-electron chi connectivity index (χ2n) is 6.65. The summed E-state index contributed by atoms with van der Waals surface area (Å²) in [6, 6.07) is 9.24. The molecule has 0 amide bonds. The second kappa shape index (κ2) is 10.4. The lowest BCUT2D eigenvalue weighted by Crippen LogP contribution is -2.22. The lowest BCUT2D eigenvalue weighted by Gasteiger charge is -2.12. The van der Waals surface area contributed by atoms with Crippen LogP contribution >= 0.6 is 24.8 Å². The third-order valence-corrected chi connectivity index (χ3v) is 6.44. The molecule has 6 nitrogen and oxygen atoms in total. The van der Waals surface area contributed by atoms with Crippen molar-refractivity contribution in [2.75, 3.05) is 20.6 Å². The maximum Gasteiger partial charge on any atom is 0.244 e. The van der Waals surface area contributed by atoms with Crippen LogP contribution in [0.4, 0.5) is 4.39 Å². The molecular weight excluding hydrogens is 450 g/mol. The molecule has 0 bridgehead atoms. The number of nitrogens with two attached hydrogens (primary N) is 1. The van der Waals surface area contributed by atoms with Crippen molar-refractivity contribution < 1.29 is 12.8 Å². The molecule has 164 valence electrons. The Labute approximate surface area is 188 Å². The summed E-state index contributed by atoms with van der Waals surface area (Å²) in [6.45, 7) is 2.08. The fourth-order valence-corrected chi connectivity index (χ4v) is 4.14. The van der Waals surface area contributed by atoms with Gasteiger partial charge in [0.2, 0.25) is 10.0 Å². The smallest absolute Gasteiger partial charge is 0.244 e. The van der Waals surface area contributed by atoms with Gasteiger partial charge in [0.25, 0.3) is 0 Å². The minimum absolute atomic E-state index is 0. The van der Waals surface area contributed by atoms with E-state index in [0.717, 1.165) is 26.5 Å². The number of allylic oxidation sites excluding steroid dienone is 1. The first kappa shape index (κ1) is 26.1. The van der Waals surface area contributed by atoms with E-state index in [2.05, 4.69) is 4.98 Å². The number of hydrogen-bond donors (Lipinski definition) is 1. The number of benzene rings is 1. The largest absolute Gasteiger partial charge is 0.337 e. The van der Waals surface area contributed by atoms with Gasteiger partial charge in [0, 0.05) is 60.8 Å². The van der Waals surface area contributed by atoms with Crippen molar-refractivity contribution in [1.29, 1.82) is 0 Å². The number of sulfonamides is 1. The van der Waals surface area contributed by atoms with E-state index in [0.29, 0.717) is 5.56 Å². The summed E-state index contributed by atoms with van der Waals surface area (Å²) in [5.41, 5.74) is 8.60. The molecule has 0 fully saturated rings. The van der Waals surface area contributed by atoms with Crippen molar-refractivity contribution in [3.63, 3.8) is 0 Å². The molecule has 3 rings (SSSR count). The second-order valence-corrected chi connectivity index (χ2v) is 8.80. The molecule has 0 aliphatic rings. The number of pyridine rings is 1. The molecule has 3 aromatic rings. The Morgan fingerprint density at radius 3 is 2.53 bits per heavy atom. The van der Waals surface area contributed by atoms with E-state index in [1.165, 1.54) is 26.4 Å². The Morgan fingerprint density at radius 2 is 1.90 bits per heavy atom. The third-order valence-electron chi connectivity index (χ3n) is 4.66. The van der Waals surface area contributed by atoms with Gasteiger partial charge >= 0.3 is 0 Å². The maximum absolute atomic E-state index is 14.2. The summed E-state index contributed by atoms with van der Waals surface area (Å²) in [4.78, 5) is 4.25. The van der Waals surface area contributed by atoms with Crippen molar-refractivity contribution in [2.24, 2.45) is 5.73 Å². The van der Waals surface area contributed by atoms with Crippen LogP contribution in [0.5, 0.6) is 0 Å². The monoisotopic (exact) mass is 474 g/mol. The summed E-state index contributed by atoms with van der Waals surface area (Å²) in [5.74, 6) is -0.319. The van der Waals surface area contributed by atoms with Crippen molar-refractivity contribution in [3.8, 4) is 11.1 Å². The Morgan fingerprint density at radius 1 is 1.23 bits per heavy atom. The zero-order valence-electron chi connectivity index (χ0n) is 16.9. The molecule has 0 atom stereocenters. The van der Waals surface area contributed by atoms with Crippen molar-refractivity contribution in [3.05, 3.63) is 60.3 Å². The number of rotatable bonds is 6. The summed E-state index contributed by atoms with van der Waals surface area (Å²) in [7, 11) is -0.656. The SMILES string of the molecule is Cc1c(-c2cncc(S(=O)(=O)N(C)C)c2)c2ccccc2n1CC(F)=CCN.Cl.Cl. The van der Waals surface area contributed by atoms with Gasteiger partial charge in [-0.15, -0.1) is 24.8 Å². The number of aromatic nitrogens is 2. The van der Waals surface area contributed by atoms with Crippen molar-refractivity contribution in [2.45, 2.75) is 18.4 Å². The van der Waals surface area contributed by atoms with Crippen LogP contribution < -0.4 is 5.73 Å². The number of halogens is 3. The molecule has 0 saturated carbocycles. The zero-order valence-corrected chi connectivity index (χ0v) is 19.3. The average molecular weight is 475 g/mol. The fraction of sp³-hybridized carbons (Fsp3) is 0.250. The Hall–Kier alpha value is -1.97. The van der Waals surface area contributed by atoms with Gasteiger partial charge in [-0.05, 0) is 25.1 Å². The number of fused-ring (bicyclic) bond motifs is 1. The molecule has 0 saturated heterocycles. The van der Waals surface area contributed by atoms with Crippen LogP contribution in [0.1, 0.15) is 5.69 Å². The lowest BCUT2D eigenvalue weighted by atomic mass is 10.0. The van der Waals surface area contributed by atoms with Crippen LogP contribution in [0, 0.1) is 6.92 Å². The van der Waals surface area contributed by atoms with Crippen molar-refractivity contribution >= 4 is 45.7 Å². The van der Waals surface area contributed by atoms with Gasteiger partial charge in [0.05, 0.1) is 6.54 Å². The molecule has 2 heterocycles. The number of para-hydroxylation sites is 1. The molecule has 0 aliphatic heterocycles. The first-order valence-electron chi connectivity index (χ1n) is 8.77. The van der Waals surface area contributed by atoms with Crippen LogP contribution in [-0.4, -0.2) is 42.9 Å². The molecular formula is C20H25Cl2FN4O2S. The van der Waals surface area contributed by atoms with E-state index in [9.17, 15) is 12.8 Å². The average Bonchev–Trinajstić information content (AvgIpc) is 2.94. The molecule has 10 heteroatoms. The first-order valence-corrected chi connectivity index (χ1v) is 10.2. The van der Waals surface area contributed by atoms with Crippen LogP contribution in [0.2, 0.25) is 0 Å². The predicted molar refractivity (Wildman–Crippen MR) is 124 cm³/mol. The van der Waals surface area contributed by atoms with Crippen molar-refractivity contribution in [1.82, 2.24) is 13.9 Å².